The van der Waals surface area contributed by atoms with Crippen LogP contribution in [0.2, 0.25) is 19.6 Å². The van der Waals surface area contributed by atoms with E-state index in [1.807, 2.05) is 20.9 Å². The Labute approximate surface area is 98.0 Å². The van der Waals surface area contributed by atoms with Crippen LogP contribution in [0.15, 0.2) is 0 Å². The number of hydrogen-bond acceptors (Lipinski definition) is 3. The summed E-state index contributed by atoms with van der Waals surface area (Å²) in [7, 11) is 0.164. The molecule has 0 bridgehead atoms. The van der Waals surface area contributed by atoms with Gasteiger partial charge in [0.1, 0.15) is 0 Å². The molecule has 1 unspecified atom stereocenters. The number of aryl methyl sites for hydroxylation is 2. The second kappa shape index (κ2) is 4.40. The van der Waals surface area contributed by atoms with Crippen LogP contribution in [0.3, 0.4) is 0 Å². The van der Waals surface area contributed by atoms with Gasteiger partial charge >= 0.3 is 0 Å². The molecule has 0 saturated carbocycles. The number of hydrogen-bond donors (Lipinski definition) is 0. The smallest absolute Gasteiger partial charge is 0.186 e. The van der Waals surface area contributed by atoms with Crippen LogP contribution in [-0.4, -0.2) is 18.1 Å². The van der Waals surface area contributed by atoms with Gasteiger partial charge in [0, 0.05) is 18.3 Å². The first-order valence-electron chi connectivity index (χ1n) is 5.34. The summed E-state index contributed by atoms with van der Waals surface area (Å²) in [5.41, 5.74) is 2.81. The van der Waals surface area contributed by atoms with Gasteiger partial charge in [-0.3, -0.25) is 4.68 Å². The maximum atomic E-state index is 9.21. The molecule has 0 fully saturated rings. The van der Waals surface area contributed by atoms with Crippen molar-refractivity contribution in [3.8, 4) is 6.07 Å². The largest absolute Gasteiger partial charge is 0.399 e. The van der Waals surface area contributed by atoms with Crippen LogP contribution >= 0.6 is 0 Å². The van der Waals surface area contributed by atoms with E-state index in [-0.39, 0.29) is 0 Å². The lowest BCUT2D eigenvalue weighted by Crippen LogP contribution is -2.27. The first-order chi connectivity index (χ1) is 7.26. The van der Waals surface area contributed by atoms with E-state index in [4.69, 9.17) is 4.43 Å². The average molecular weight is 237 g/mol. The van der Waals surface area contributed by atoms with Crippen LogP contribution in [0, 0.1) is 25.2 Å². The van der Waals surface area contributed by atoms with Crippen LogP contribution in [-0.2, 0) is 11.5 Å². The molecule has 0 aromatic carbocycles. The number of aromatic nitrogens is 2. The van der Waals surface area contributed by atoms with Crippen LogP contribution in [0.4, 0.5) is 0 Å². The maximum Gasteiger partial charge on any atom is 0.186 e. The van der Waals surface area contributed by atoms with E-state index in [1.165, 1.54) is 0 Å². The first-order valence-corrected chi connectivity index (χ1v) is 8.74. The van der Waals surface area contributed by atoms with Gasteiger partial charge in [0.05, 0.1) is 11.8 Å². The Kier molecular flexibility index (Phi) is 3.56. The molecular formula is C11H19N3OSi. The Morgan fingerprint density at radius 3 is 2.25 bits per heavy atom. The molecule has 0 amide bonds. The van der Waals surface area contributed by atoms with E-state index in [2.05, 4.69) is 30.8 Å². The third kappa shape index (κ3) is 2.71. The van der Waals surface area contributed by atoms with E-state index >= 15 is 0 Å². The maximum absolute atomic E-state index is 9.21. The number of nitriles is 1. The summed E-state index contributed by atoms with van der Waals surface area (Å²) in [5.74, 6) is 0. The highest BCUT2D eigenvalue weighted by atomic mass is 28.4. The highest BCUT2D eigenvalue weighted by Gasteiger charge is 2.26. The summed E-state index contributed by atoms with van der Waals surface area (Å²) in [6, 6.07) is 2.23. The quantitative estimate of drug-likeness (QED) is 0.759. The summed E-state index contributed by atoms with van der Waals surface area (Å²) in [4.78, 5) is 0. The Hall–Kier alpha value is -1.12. The van der Waals surface area contributed by atoms with E-state index in [0.717, 1.165) is 17.0 Å². The Balaban J connectivity index is 3.11. The highest BCUT2D eigenvalue weighted by molar-refractivity contribution is 6.69. The normalized spacial score (nSPS) is 13.6. The highest BCUT2D eigenvalue weighted by Crippen LogP contribution is 2.26. The van der Waals surface area contributed by atoms with Crippen molar-refractivity contribution < 1.29 is 4.43 Å². The van der Waals surface area contributed by atoms with Gasteiger partial charge in [-0.2, -0.15) is 10.4 Å². The zero-order valence-electron chi connectivity index (χ0n) is 10.8. The summed E-state index contributed by atoms with van der Waals surface area (Å²) in [6.45, 7) is 10.1. The van der Waals surface area contributed by atoms with Crippen molar-refractivity contribution in [1.29, 1.82) is 5.26 Å². The predicted molar refractivity (Wildman–Crippen MR) is 65.5 cm³/mol. The Morgan fingerprint density at radius 1 is 1.38 bits per heavy atom. The van der Waals surface area contributed by atoms with Gasteiger partial charge in [-0.15, -0.1) is 0 Å². The summed E-state index contributed by atoms with van der Waals surface area (Å²) in [5, 5.41) is 13.5. The number of nitrogens with zero attached hydrogens (tertiary/aromatic N) is 3. The van der Waals surface area contributed by atoms with Crippen LogP contribution in [0.25, 0.3) is 0 Å². The van der Waals surface area contributed by atoms with Gasteiger partial charge in [0.25, 0.3) is 0 Å². The van der Waals surface area contributed by atoms with E-state index in [9.17, 15) is 5.26 Å². The minimum absolute atomic E-state index is 0.486. The van der Waals surface area contributed by atoms with E-state index in [1.54, 1.807) is 4.68 Å². The van der Waals surface area contributed by atoms with Crippen molar-refractivity contribution in [2.24, 2.45) is 7.05 Å². The van der Waals surface area contributed by atoms with Gasteiger partial charge in [0.2, 0.25) is 0 Å². The molecule has 1 heterocycles. The zero-order chi connectivity index (χ0) is 12.5. The lowest BCUT2D eigenvalue weighted by atomic mass is 10.1. The molecule has 0 N–H and O–H groups in total. The number of rotatable bonds is 3. The van der Waals surface area contributed by atoms with Crippen LogP contribution in [0.5, 0.6) is 0 Å². The van der Waals surface area contributed by atoms with Crippen molar-refractivity contribution in [2.75, 3.05) is 0 Å². The lowest BCUT2D eigenvalue weighted by Gasteiger charge is -2.21. The molecule has 1 aromatic heterocycles. The van der Waals surface area contributed by atoms with Crippen molar-refractivity contribution in [2.45, 2.75) is 39.6 Å². The standard InChI is InChI=1S/C11H19N3OSi/c1-8-11(9(2)14(3)13-8)10(7-12)15-16(4,5)6/h10H,1-6H3. The first kappa shape index (κ1) is 12.9. The fourth-order valence-corrected chi connectivity index (χ4v) is 2.55. The van der Waals surface area contributed by atoms with Gasteiger partial charge in [-0.25, -0.2) is 0 Å². The van der Waals surface area contributed by atoms with Gasteiger partial charge in [-0.05, 0) is 33.5 Å². The molecule has 1 aromatic rings. The SMILES string of the molecule is Cc1nn(C)c(C)c1C(C#N)O[Si](C)(C)C. The Morgan fingerprint density at radius 2 is 1.94 bits per heavy atom. The Bertz CT molecular complexity index is 426. The minimum atomic E-state index is -1.72. The second-order valence-electron chi connectivity index (χ2n) is 4.95. The molecule has 0 aliphatic rings. The fourth-order valence-electron chi connectivity index (χ4n) is 1.67. The molecule has 5 heteroatoms. The molecule has 0 radical (unpaired) electrons. The van der Waals surface area contributed by atoms with Gasteiger partial charge in [0.15, 0.2) is 14.4 Å². The zero-order valence-corrected chi connectivity index (χ0v) is 11.8. The molecule has 88 valence electrons. The topological polar surface area (TPSA) is 50.8 Å². The predicted octanol–water partition coefficient (Wildman–Crippen LogP) is 2.45. The van der Waals surface area contributed by atoms with Gasteiger partial charge < -0.3 is 4.43 Å². The van der Waals surface area contributed by atoms with Crippen LogP contribution < -0.4 is 0 Å². The lowest BCUT2D eigenvalue weighted by molar-refractivity contribution is 0.253. The fraction of sp³-hybridized carbons (Fsp3) is 0.636. The van der Waals surface area contributed by atoms with Gasteiger partial charge in [-0.1, -0.05) is 0 Å². The van der Waals surface area contributed by atoms with E-state index < -0.39 is 14.4 Å². The summed E-state index contributed by atoms with van der Waals surface area (Å²) < 4.78 is 7.67. The van der Waals surface area contributed by atoms with E-state index in [0.29, 0.717) is 0 Å². The molecule has 1 rings (SSSR count). The molecule has 0 aliphatic carbocycles. The molecule has 0 saturated heterocycles. The third-order valence-electron chi connectivity index (χ3n) is 2.42. The molecular weight excluding hydrogens is 218 g/mol. The molecule has 16 heavy (non-hydrogen) atoms. The molecule has 4 nitrogen and oxygen atoms in total. The molecule has 0 spiro atoms. The minimum Gasteiger partial charge on any atom is -0.399 e. The third-order valence-corrected chi connectivity index (χ3v) is 3.36. The summed E-state index contributed by atoms with van der Waals surface area (Å²) >= 11 is 0. The molecule has 1 atom stereocenters. The van der Waals surface area contributed by atoms with Crippen molar-refractivity contribution in [3.63, 3.8) is 0 Å². The van der Waals surface area contributed by atoms with Crippen LogP contribution in [0.1, 0.15) is 23.1 Å². The molecule has 0 aliphatic heterocycles. The van der Waals surface area contributed by atoms with Crippen molar-refractivity contribution >= 4 is 8.32 Å². The van der Waals surface area contributed by atoms with Crippen molar-refractivity contribution in [3.05, 3.63) is 17.0 Å². The monoisotopic (exact) mass is 237 g/mol. The second-order valence-corrected chi connectivity index (χ2v) is 9.41. The summed E-state index contributed by atoms with van der Waals surface area (Å²) in [6.07, 6.45) is -0.486. The van der Waals surface area contributed by atoms with Crippen molar-refractivity contribution in [1.82, 2.24) is 9.78 Å². The average Bonchev–Trinajstić information content (AvgIpc) is 2.37.